The van der Waals surface area contributed by atoms with Gasteiger partial charge < -0.3 is 29.7 Å². The number of likely N-dealkylation sites (tertiary alicyclic amines) is 1. The number of benzene rings is 2. The highest BCUT2D eigenvalue weighted by atomic mass is 19.4. The van der Waals surface area contributed by atoms with Gasteiger partial charge in [0.05, 0.1) is 25.2 Å². The van der Waals surface area contributed by atoms with E-state index in [-0.39, 0.29) is 81.4 Å². The van der Waals surface area contributed by atoms with Gasteiger partial charge in [-0.3, -0.25) is 0 Å². The minimum absolute atomic E-state index is 0.0109. The van der Waals surface area contributed by atoms with Crippen LogP contribution in [-0.4, -0.2) is 89.7 Å². The van der Waals surface area contributed by atoms with Gasteiger partial charge in [-0.05, 0) is 67.5 Å². The number of halogens is 5. The fourth-order valence-electron chi connectivity index (χ4n) is 8.97. The van der Waals surface area contributed by atoms with Crippen molar-refractivity contribution in [1.82, 2.24) is 25.2 Å². The van der Waals surface area contributed by atoms with Crippen LogP contribution in [0.25, 0.3) is 32.9 Å². The third kappa shape index (κ3) is 5.55. The molecule has 2 N–H and O–H groups in total. The molecule has 9 rings (SSSR count). The molecule has 2 bridgehead atoms. The number of pyridine rings is 1. The van der Waals surface area contributed by atoms with E-state index in [2.05, 4.69) is 26.1 Å². The molecular weight excluding hydrogens is 683 g/mol. The molecule has 14 heteroatoms. The van der Waals surface area contributed by atoms with Gasteiger partial charge in [-0.15, -0.1) is 6.42 Å². The molecule has 3 atom stereocenters. The number of phenols is 1. The third-order valence-electron chi connectivity index (χ3n) is 11.9. The van der Waals surface area contributed by atoms with Gasteiger partial charge in [-0.1, -0.05) is 12.0 Å². The van der Waals surface area contributed by atoms with E-state index in [0.29, 0.717) is 50.2 Å². The van der Waals surface area contributed by atoms with Gasteiger partial charge in [0.2, 0.25) is 5.88 Å². The monoisotopic (exact) mass is 720 g/mol. The molecule has 2 saturated carbocycles. The van der Waals surface area contributed by atoms with Gasteiger partial charge in [0, 0.05) is 61.2 Å². The fraction of sp³-hybridized carbons (Fsp3) is 0.500. The molecule has 3 unspecified atom stereocenters. The predicted octanol–water partition coefficient (Wildman–Crippen LogP) is 6.19. The first-order valence-corrected chi connectivity index (χ1v) is 17.7. The van der Waals surface area contributed by atoms with Crippen LogP contribution in [0.15, 0.2) is 24.3 Å². The lowest BCUT2D eigenvalue weighted by atomic mass is 9.92. The summed E-state index contributed by atoms with van der Waals surface area (Å²) < 4.78 is 85.7. The molecule has 52 heavy (non-hydrogen) atoms. The summed E-state index contributed by atoms with van der Waals surface area (Å²) in [5, 5.41) is 15.0. The van der Waals surface area contributed by atoms with Gasteiger partial charge in [0.25, 0.3) is 0 Å². The van der Waals surface area contributed by atoms with Gasteiger partial charge in [0.1, 0.15) is 34.0 Å². The quantitative estimate of drug-likeness (QED) is 0.163. The number of ether oxygens (including phenoxy) is 2. The Hall–Kier alpha value is -4.48. The maximum absolute atomic E-state index is 17.1. The molecular formula is C38H37F5N6O3. The summed E-state index contributed by atoms with van der Waals surface area (Å²) in [7, 11) is 1.40. The summed E-state index contributed by atoms with van der Waals surface area (Å²) in [6.45, 7) is 2.23. The van der Waals surface area contributed by atoms with E-state index in [1.165, 1.54) is 31.4 Å². The summed E-state index contributed by atoms with van der Waals surface area (Å²) in [4.78, 5) is 17.9. The van der Waals surface area contributed by atoms with Crippen molar-refractivity contribution >= 4 is 27.5 Å². The lowest BCUT2D eigenvalue weighted by molar-refractivity contribution is -0.183. The summed E-state index contributed by atoms with van der Waals surface area (Å²) in [5.74, 6) is -0.308. The number of fused-ring (bicyclic) bond motifs is 4. The average Bonchev–Trinajstić information content (AvgIpc) is 4.00. The Morgan fingerprint density at radius 2 is 1.77 bits per heavy atom. The maximum atomic E-state index is 17.1. The molecule has 0 amide bonds. The number of anilines is 1. The van der Waals surface area contributed by atoms with Crippen molar-refractivity contribution in [2.45, 2.75) is 56.8 Å². The number of hydrogen-bond acceptors (Lipinski definition) is 9. The summed E-state index contributed by atoms with van der Waals surface area (Å²) in [6.07, 6.45) is 6.21. The highest BCUT2D eigenvalue weighted by molar-refractivity contribution is 6.04. The van der Waals surface area contributed by atoms with Crippen LogP contribution in [0.3, 0.4) is 0 Å². The van der Waals surface area contributed by atoms with Crippen LogP contribution >= 0.6 is 0 Å². The Labute approximate surface area is 296 Å². The highest BCUT2D eigenvalue weighted by Gasteiger charge is 2.64. The average molecular weight is 721 g/mol. The van der Waals surface area contributed by atoms with Gasteiger partial charge >= 0.3 is 12.2 Å². The summed E-state index contributed by atoms with van der Waals surface area (Å²) in [6, 6.07) is 5.64. The second kappa shape index (κ2) is 11.8. The van der Waals surface area contributed by atoms with Gasteiger partial charge in [-0.2, -0.15) is 23.1 Å². The molecule has 9 nitrogen and oxygen atoms in total. The number of piperazine rings is 1. The number of phenolic OH excluding ortho intramolecular Hbond substituents is 1. The Kier molecular flexibility index (Phi) is 7.55. The van der Waals surface area contributed by atoms with Crippen LogP contribution < -0.4 is 19.7 Å². The van der Waals surface area contributed by atoms with E-state index >= 15 is 4.39 Å². The lowest BCUT2D eigenvalue weighted by Gasteiger charge is -2.34. The molecule has 2 aromatic carbocycles. The SMILES string of the molecule is C#Cc1c(F)ccc2cc(O)cc(-c3nc(OC)c4c(N5CC6CCC(C5)N6)nc(OCC5(CN6CC(C(F)(F)F)C7(CC7)C6)CC5)nc4c3F)c12. The minimum atomic E-state index is -4.22. The maximum Gasteiger partial charge on any atom is 0.393 e. The smallest absolute Gasteiger partial charge is 0.393 e. The van der Waals surface area contributed by atoms with Crippen molar-refractivity contribution < 1.29 is 36.5 Å². The molecule has 5 heterocycles. The topological polar surface area (TPSA) is 95.9 Å². The van der Waals surface area contributed by atoms with E-state index in [9.17, 15) is 22.7 Å². The standard InChI is InChI=1S/C38H37F5N6O3/c1-3-24-26(39)7-4-20-12-23(50)13-25(28(20)24)31-30(40)32-29(34(45-31)51-2)33(49-14-21-5-6-22(15-49)44-21)47-35(46-32)52-19-36(8-9-36)17-48-16-27(38(41,42)43)37(18-48)10-11-37/h1,4,7,12-13,21-22,27,44,50H,5-6,8-11,14-19H2,2H3. The molecule has 5 fully saturated rings. The Morgan fingerprint density at radius 3 is 2.40 bits per heavy atom. The van der Waals surface area contributed by atoms with Crippen LogP contribution in [0, 0.1) is 40.7 Å². The molecule has 1 spiro atoms. The van der Waals surface area contributed by atoms with E-state index in [4.69, 9.17) is 20.9 Å². The number of nitrogens with one attached hydrogen (secondary N) is 1. The second-order valence-electron chi connectivity index (χ2n) is 15.5. The van der Waals surface area contributed by atoms with Crippen molar-refractivity contribution in [3.8, 4) is 41.2 Å². The second-order valence-corrected chi connectivity index (χ2v) is 15.5. The molecule has 2 aromatic heterocycles. The number of hydrogen-bond donors (Lipinski definition) is 2. The number of aromatic hydroxyl groups is 1. The van der Waals surface area contributed by atoms with E-state index in [0.717, 1.165) is 25.7 Å². The molecule has 3 aliphatic heterocycles. The molecule has 2 aliphatic carbocycles. The van der Waals surface area contributed by atoms with Crippen LogP contribution in [-0.2, 0) is 0 Å². The number of nitrogens with zero attached hydrogens (tertiary/aromatic N) is 5. The first-order valence-electron chi connectivity index (χ1n) is 17.7. The lowest BCUT2D eigenvalue weighted by Crippen LogP contribution is -2.51. The Bertz CT molecular complexity index is 2150. The molecule has 0 radical (unpaired) electrons. The van der Waals surface area contributed by atoms with E-state index < -0.39 is 29.1 Å². The molecule has 4 aromatic rings. The van der Waals surface area contributed by atoms with E-state index in [1.807, 2.05) is 4.90 Å². The normalized spacial score (nSPS) is 24.5. The van der Waals surface area contributed by atoms with Crippen molar-refractivity contribution in [2.75, 3.05) is 51.3 Å². The molecule has 5 aliphatic rings. The van der Waals surface area contributed by atoms with Gasteiger partial charge in [0.15, 0.2) is 5.82 Å². The molecule has 3 saturated heterocycles. The van der Waals surface area contributed by atoms with Crippen molar-refractivity contribution in [2.24, 2.45) is 16.7 Å². The number of methoxy groups -OCH3 is 1. The number of rotatable bonds is 8. The predicted molar refractivity (Wildman–Crippen MR) is 183 cm³/mol. The Morgan fingerprint density at radius 1 is 1.02 bits per heavy atom. The number of terminal acetylenes is 1. The summed E-state index contributed by atoms with van der Waals surface area (Å²) in [5.41, 5.74) is -1.49. The van der Waals surface area contributed by atoms with Crippen molar-refractivity contribution in [3.05, 3.63) is 41.5 Å². The fourth-order valence-corrected chi connectivity index (χ4v) is 8.97. The van der Waals surface area contributed by atoms with Crippen LogP contribution in [0.5, 0.6) is 17.6 Å². The number of aromatic nitrogens is 3. The zero-order valence-electron chi connectivity index (χ0n) is 28.5. The Balaban J connectivity index is 1.12. The van der Waals surface area contributed by atoms with Crippen LogP contribution in [0.1, 0.15) is 44.1 Å². The first-order chi connectivity index (χ1) is 24.9. The number of alkyl halides is 3. The zero-order valence-corrected chi connectivity index (χ0v) is 28.5. The van der Waals surface area contributed by atoms with E-state index in [1.54, 1.807) is 0 Å². The van der Waals surface area contributed by atoms with Crippen molar-refractivity contribution in [3.63, 3.8) is 0 Å². The minimum Gasteiger partial charge on any atom is -0.508 e. The molecule has 272 valence electrons. The van der Waals surface area contributed by atoms with Crippen LogP contribution in [0.2, 0.25) is 0 Å². The largest absolute Gasteiger partial charge is 0.508 e. The van der Waals surface area contributed by atoms with Crippen molar-refractivity contribution in [1.29, 1.82) is 0 Å². The highest BCUT2D eigenvalue weighted by Crippen LogP contribution is 2.61. The summed E-state index contributed by atoms with van der Waals surface area (Å²) >= 11 is 0. The van der Waals surface area contributed by atoms with Crippen LogP contribution in [0.4, 0.5) is 27.8 Å². The first kappa shape index (κ1) is 33.4. The third-order valence-corrected chi connectivity index (χ3v) is 11.9. The zero-order chi connectivity index (χ0) is 36.2. The van der Waals surface area contributed by atoms with Gasteiger partial charge in [-0.25, -0.2) is 13.8 Å².